The highest BCUT2D eigenvalue weighted by Gasteiger charge is 2.15. The molecule has 1 aliphatic rings. The summed E-state index contributed by atoms with van der Waals surface area (Å²) in [5.74, 6) is 0.773. The number of benzene rings is 2. The lowest BCUT2D eigenvalue weighted by atomic mass is 10.2. The van der Waals surface area contributed by atoms with Gasteiger partial charge in [-0.3, -0.25) is 0 Å². The minimum absolute atomic E-state index is 0. The van der Waals surface area contributed by atoms with E-state index in [1.165, 1.54) is 6.07 Å². The van der Waals surface area contributed by atoms with E-state index in [1.54, 1.807) is 19.2 Å². The number of ether oxygens (including phenoxy) is 3. The Balaban J connectivity index is 0.00000261. The zero-order valence-corrected chi connectivity index (χ0v) is 16.7. The van der Waals surface area contributed by atoms with Crippen LogP contribution in [0.15, 0.2) is 36.4 Å². The first-order valence-electron chi connectivity index (χ1n) is 8.72. The van der Waals surface area contributed by atoms with E-state index in [9.17, 15) is 4.39 Å². The molecule has 1 unspecified atom stereocenters. The van der Waals surface area contributed by atoms with E-state index < -0.39 is 0 Å². The highest BCUT2D eigenvalue weighted by molar-refractivity contribution is 6.31. The van der Waals surface area contributed by atoms with Gasteiger partial charge in [0.05, 0.1) is 18.2 Å². The van der Waals surface area contributed by atoms with Crippen LogP contribution in [0.25, 0.3) is 0 Å². The Bertz CT molecular complexity index is 719. The lowest BCUT2D eigenvalue weighted by Crippen LogP contribution is -2.25. The second-order valence-electron chi connectivity index (χ2n) is 6.24. The molecule has 2 aromatic rings. The average molecular weight is 416 g/mol. The fourth-order valence-corrected chi connectivity index (χ4v) is 3.16. The Hall–Kier alpha value is -1.53. The van der Waals surface area contributed by atoms with Crippen molar-refractivity contribution < 1.29 is 18.6 Å². The van der Waals surface area contributed by atoms with Crippen molar-refractivity contribution in [2.24, 2.45) is 0 Å². The van der Waals surface area contributed by atoms with E-state index in [2.05, 4.69) is 5.32 Å². The van der Waals surface area contributed by atoms with Gasteiger partial charge in [-0.05, 0) is 42.7 Å². The molecule has 1 fully saturated rings. The summed E-state index contributed by atoms with van der Waals surface area (Å²) in [6.07, 6.45) is 2.56. The first-order chi connectivity index (χ1) is 12.7. The lowest BCUT2D eigenvalue weighted by molar-refractivity contribution is 0.110. The molecule has 4 nitrogen and oxygen atoms in total. The van der Waals surface area contributed by atoms with Crippen molar-refractivity contribution in [2.45, 2.75) is 32.1 Å². The van der Waals surface area contributed by atoms with E-state index in [1.807, 2.05) is 18.2 Å². The van der Waals surface area contributed by atoms with Gasteiger partial charge in [0.15, 0.2) is 11.5 Å². The van der Waals surface area contributed by atoms with Crippen LogP contribution in [0, 0.1) is 5.82 Å². The summed E-state index contributed by atoms with van der Waals surface area (Å²) in [6, 6.07) is 10.3. The van der Waals surface area contributed by atoms with Gasteiger partial charge in [0.1, 0.15) is 12.4 Å². The molecular formula is C20H24Cl2FNO3. The smallest absolute Gasteiger partial charge is 0.161 e. The molecule has 0 spiro atoms. The maximum atomic E-state index is 13.9. The zero-order valence-electron chi connectivity index (χ0n) is 15.2. The highest BCUT2D eigenvalue weighted by Crippen LogP contribution is 2.30. The lowest BCUT2D eigenvalue weighted by Gasteiger charge is -2.14. The van der Waals surface area contributed by atoms with Crippen LogP contribution in [-0.2, 0) is 17.9 Å². The third-order valence-corrected chi connectivity index (χ3v) is 4.74. The van der Waals surface area contributed by atoms with E-state index in [0.717, 1.165) is 38.1 Å². The van der Waals surface area contributed by atoms with Crippen molar-refractivity contribution in [3.8, 4) is 11.5 Å². The molecule has 0 saturated carbocycles. The number of halogens is 3. The number of nitrogens with one attached hydrogen (secondary N) is 1. The summed E-state index contributed by atoms with van der Waals surface area (Å²) in [7, 11) is 1.59. The van der Waals surface area contributed by atoms with Crippen LogP contribution in [0.2, 0.25) is 5.02 Å². The Kier molecular flexibility index (Phi) is 8.64. The Morgan fingerprint density at radius 2 is 2.11 bits per heavy atom. The normalized spacial score (nSPS) is 16.0. The van der Waals surface area contributed by atoms with E-state index in [4.69, 9.17) is 25.8 Å². The number of methoxy groups -OCH3 is 1. The molecule has 1 N–H and O–H groups in total. The molecule has 0 aromatic heterocycles. The molecule has 1 saturated heterocycles. The van der Waals surface area contributed by atoms with Crippen molar-refractivity contribution in [1.82, 2.24) is 5.32 Å². The van der Waals surface area contributed by atoms with E-state index >= 15 is 0 Å². The molecular weight excluding hydrogens is 392 g/mol. The molecule has 7 heteroatoms. The minimum atomic E-state index is -0.383. The standard InChI is InChI=1S/C20H23ClFNO3.ClH/c1-24-20-10-14(11-23-12-15-4-3-9-25-15)7-8-19(20)26-13-16-17(21)5-2-6-18(16)22;/h2,5-8,10,15,23H,3-4,9,11-13H2,1H3;1H. The number of rotatable bonds is 8. The van der Waals surface area contributed by atoms with Crippen LogP contribution in [0.1, 0.15) is 24.0 Å². The van der Waals surface area contributed by atoms with Crippen LogP contribution in [-0.4, -0.2) is 26.4 Å². The second kappa shape index (κ2) is 10.7. The van der Waals surface area contributed by atoms with Crippen molar-refractivity contribution in [1.29, 1.82) is 0 Å². The fourth-order valence-electron chi connectivity index (χ4n) is 2.94. The SMILES string of the molecule is COc1cc(CNCC2CCCO2)ccc1OCc1c(F)cccc1Cl.Cl. The summed E-state index contributed by atoms with van der Waals surface area (Å²) in [5, 5.41) is 3.74. The first kappa shape index (κ1) is 21.8. The van der Waals surface area contributed by atoms with Gasteiger partial charge in [-0.2, -0.15) is 0 Å². The van der Waals surface area contributed by atoms with Crippen molar-refractivity contribution >= 4 is 24.0 Å². The molecule has 0 bridgehead atoms. The molecule has 148 valence electrons. The summed E-state index contributed by atoms with van der Waals surface area (Å²) in [6.45, 7) is 2.46. The molecule has 1 aliphatic heterocycles. The molecule has 27 heavy (non-hydrogen) atoms. The van der Waals surface area contributed by atoms with Crippen LogP contribution in [0.5, 0.6) is 11.5 Å². The minimum Gasteiger partial charge on any atom is -0.493 e. The summed E-state index contributed by atoms with van der Waals surface area (Å²) < 4.78 is 30.6. The average Bonchev–Trinajstić information content (AvgIpc) is 3.15. The van der Waals surface area contributed by atoms with Crippen LogP contribution >= 0.6 is 24.0 Å². The Morgan fingerprint density at radius 1 is 1.26 bits per heavy atom. The van der Waals surface area contributed by atoms with Crippen molar-refractivity contribution in [3.05, 3.63) is 58.4 Å². The van der Waals surface area contributed by atoms with Crippen molar-refractivity contribution in [3.63, 3.8) is 0 Å². The van der Waals surface area contributed by atoms with Gasteiger partial charge in [-0.25, -0.2) is 4.39 Å². The third-order valence-electron chi connectivity index (χ3n) is 4.39. The molecule has 0 radical (unpaired) electrons. The maximum Gasteiger partial charge on any atom is 0.161 e. The summed E-state index contributed by atoms with van der Waals surface area (Å²) >= 11 is 6.04. The molecule has 3 rings (SSSR count). The van der Waals surface area contributed by atoms with Gasteiger partial charge in [-0.15, -0.1) is 12.4 Å². The van der Waals surface area contributed by atoms with E-state index in [0.29, 0.717) is 28.2 Å². The van der Waals surface area contributed by atoms with Crippen LogP contribution in [0.3, 0.4) is 0 Å². The quantitative estimate of drug-likeness (QED) is 0.674. The molecule has 1 atom stereocenters. The molecule has 0 aliphatic carbocycles. The summed E-state index contributed by atoms with van der Waals surface area (Å²) in [5.41, 5.74) is 1.41. The van der Waals surface area contributed by atoms with Crippen molar-refractivity contribution in [2.75, 3.05) is 20.3 Å². The van der Waals surface area contributed by atoms with Crippen LogP contribution < -0.4 is 14.8 Å². The van der Waals surface area contributed by atoms with E-state index in [-0.39, 0.29) is 24.8 Å². The summed E-state index contributed by atoms with van der Waals surface area (Å²) in [4.78, 5) is 0. The number of hydrogen-bond acceptors (Lipinski definition) is 4. The topological polar surface area (TPSA) is 39.7 Å². The second-order valence-corrected chi connectivity index (χ2v) is 6.65. The third kappa shape index (κ3) is 5.98. The zero-order chi connectivity index (χ0) is 18.4. The first-order valence-corrected chi connectivity index (χ1v) is 9.10. The fraction of sp³-hybridized carbons (Fsp3) is 0.400. The molecule has 2 aromatic carbocycles. The maximum absolute atomic E-state index is 13.9. The monoisotopic (exact) mass is 415 g/mol. The predicted octanol–water partition coefficient (Wildman–Crippen LogP) is 4.76. The molecule has 0 amide bonds. The number of hydrogen-bond donors (Lipinski definition) is 1. The van der Waals surface area contributed by atoms with Gasteiger partial charge in [-0.1, -0.05) is 23.7 Å². The highest BCUT2D eigenvalue weighted by atomic mass is 35.5. The van der Waals surface area contributed by atoms with Crippen LogP contribution in [0.4, 0.5) is 4.39 Å². The largest absolute Gasteiger partial charge is 0.493 e. The van der Waals surface area contributed by atoms with Gasteiger partial charge >= 0.3 is 0 Å². The predicted molar refractivity (Wildman–Crippen MR) is 107 cm³/mol. The Labute approximate surface area is 170 Å². The van der Waals surface area contributed by atoms with Gasteiger partial charge in [0.2, 0.25) is 0 Å². The van der Waals surface area contributed by atoms with Gasteiger partial charge in [0.25, 0.3) is 0 Å². The van der Waals surface area contributed by atoms with Gasteiger partial charge in [0, 0.05) is 25.3 Å². The Morgan fingerprint density at radius 3 is 2.81 bits per heavy atom. The van der Waals surface area contributed by atoms with Gasteiger partial charge < -0.3 is 19.5 Å². The molecule has 1 heterocycles.